The molecule has 1 saturated heterocycles. The van der Waals surface area contributed by atoms with Crippen LogP contribution in [0.4, 0.5) is 8.78 Å². The number of benzene rings is 2. The fourth-order valence-electron chi connectivity index (χ4n) is 3.85. The Balaban J connectivity index is 1.62. The first-order chi connectivity index (χ1) is 16.3. The van der Waals surface area contributed by atoms with E-state index in [1.807, 2.05) is 30.3 Å². The summed E-state index contributed by atoms with van der Waals surface area (Å²) in [6, 6.07) is 12.0. The number of hydrogen-bond donors (Lipinski definition) is 1. The number of ether oxygens (including phenoxy) is 1. The average molecular weight is 491 g/mol. The van der Waals surface area contributed by atoms with Gasteiger partial charge in [0.15, 0.2) is 11.6 Å². The van der Waals surface area contributed by atoms with Crippen molar-refractivity contribution in [2.24, 2.45) is 0 Å². The zero-order chi connectivity index (χ0) is 24.7. The minimum Gasteiger partial charge on any atom is -0.379 e. The third kappa shape index (κ3) is 6.64. The number of nitrogens with zero attached hydrogens (tertiary/aromatic N) is 1. The minimum atomic E-state index is -1.000. The number of rotatable bonds is 10. The molecular weight excluding hydrogens is 462 g/mol. The fraction of sp³-hybridized carbons (Fsp3) is 0.400. The lowest BCUT2D eigenvalue weighted by atomic mass is 10.1. The molecule has 0 radical (unpaired) electrons. The van der Waals surface area contributed by atoms with Gasteiger partial charge in [0.1, 0.15) is 6.04 Å². The van der Waals surface area contributed by atoms with Crippen LogP contribution in [0.15, 0.2) is 48.5 Å². The van der Waals surface area contributed by atoms with E-state index in [-0.39, 0.29) is 36.0 Å². The molecule has 2 aromatic rings. The molecular formula is C25H28F2N2O4S. The van der Waals surface area contributed by atoms with E-state index in [2.05, 4.69) is 5.32 Å². The van der Waals surface area contributed by atoms with E-state index in [1.165, 1.54) is 24.1 Å². The second kappa shape index (κ2) is 12.1. The number of carbonyl (C=O) groups excluding carboxylic acids is 3. The molecule has 1 fully saturated rings. The van der Waals surface area contributed by atoms with Gasteiger partial charge in [-0.25, -0.2) is 8.78 Å². The van der Waals surface area contributed by atoms with Crippen LogP contribution in [0.25, 0.3) is 0 Å². The van der Waals surface area contributed by atoms with Crippen LogP contribution in [-0.2, 0) is 31.4 Å². The average Bonchev–Trinajstić information content (AvgIpc) is 3.17. The van der Waals surface area contributed by atoms with Crippen molar-refractivity contribution < 1.29 is 27.9 Å². The fourth-order valence-corrected chi connectivity index (χ4v) is 4.78. The molecule has 34 heavy (non-hydrogen) atoms. The van der Waals surface area contributed by atoms with E-state index >= 15 is 0 Å². The van der Waals surface area contributed by atoms with Crippen LogP contribution >= 0.6 is 11.8 Å². The number of nitrogens with one attached hydrogen (secondary N) is 1. The van der Waals surface area contributed by atoms with Crippen molar-refractivity contribution in [3.63, 3.8) is 0 Å². The predicted molar refractivity (Wildman–Crippen MR) is 126 cm³/mol. The molecule has 2 amide bonds. The highest BCUT2D eigenvalue weighted by Crippen LogP contribution is 2.26. The summed E-state index contributed by atoms with van der Waals surface area (Å²) in [5.41, 5.74) is 1.04. The molecule has 6 nitrogen and oxygen atoms in total. The Hall–Kier alpha value is -2.78. The Kier molecular flexibility index (Phi) is 9.18. The van der Waals surface area contributed by atoms with Crippen LogP contribution in [0, 0.1) is 11.6 Å². The predicted octanol–water partition coefficient (Wildman–Crippen LogP) is 3.83. The van der Waals surface area contributed by atoms with Gasteiger partial charge in [-0.3, -0.25) is 14.4 Å². The Bertz CT molecular complexity index is 1020. The van der Waals surface area contributed by atoms with Crippen LogP contribution in [0.3, 0.4) is 0 Å². The monoisotopic (exact) mass is 490 g/mol. The highest BCUT2D eigenvalue weighted by Gasteiger charge is 2.35. The van der Waals surface area contributed by atoms with Crippen LogP contribution in [-0.4, -0.2) is 47.1 Å². The summed E-state index contributed by atoms with van der Waals surface area (Å²) < 4.78 is 33.0. The lowest BCUT2D eigenvalue weighted by Crippen LogP contribution is -2.49. The van der Waals surface area contributed by atoms with Gasteiger partial charge in [-0.15, -0.1) is 0 Å². The van der Waals surface area contributed by atoms with Crippen LogP contribution in [0.1, 0.15) is 37.3 Å². The molecule has 0 spiro atoms. The number of methoxy groups -OCH3 is 1. The van der Waals surface area contributed by atoms with Gasteiger partial charge in [-0.1, -0.05) is 54.2 Å². The summed E-state index contributed by atoms with van der Waals surface area (Å²) in [4.78, 5) is 39.5. The van der Waals surface area contributed by atoms with Crippen molar-refractivity contribution in [3.05, 3.63) is 71.3 Å². The molecule has 1 aliphatic heterocycles. The molecule has 182 valence electrons. The summed E-state index contributed by atoms with van der Waals surface area (Å²) in [7, 11) is 1.46. The first-order valence-corrected chi connectivity index (χ1v) is 12.0. The zero-order valence-electron chi connectivity index (χ0n) is 19.1. The lowest BCUT2D eigenvalue weighted by molar-refractivity contribution is -0.131. The Labute approximate surface area is 202 Å². The van der Waals surface area contributed by atoms with Crippen molar-refractivity contribution in [2.75, 3.05) is 7.11 Å². The SMILES string of the molecule is CO[C@H](C)[C@H](NC(=O)C[C@@H]1CCC(=O)N1Cc1cccc(F)c1F)C(=O)SCc1ccccc1. The van der Waals surface area contributed by atoms with Crippen molar-refractivity contribution in [1.29, 1.82) is 0 Å². The molecule has 3 atom stereocenters. The smallest absolute Gasteiger partial charge is 0.223 e. The number of halogens is 2. The maximum Gasteiger partial charge on any atom is 0.223 e. The number of carbonyl (C=O) groups is 3. The molecule has 0 aliphatic carbocycles. The number of likely N-dealkylation sites (tertiary alicyclic amines) is 1. The van der Waals surface area contributed by atoms with Gasteiger partial charge in [0.05, 0.1) is 6.10 Å². The van der Waals surface area contributed by atoms with E-state index in [9.17, 15) is 23.2 Å². The molecule has 9 heteroatoms. The zero-order valence-corrected chi connectivity index (χ0v) is 19.9. The third-order valence-electron chi connectivity index (χ3n) is 5.88. The summed E-state index contributed by atoms with van der Waals surface area (Å²) in [5.74, 6) is -2.15. The summed E-state index contributed by atoms with van der Waals surface area (Å²) in [6.45, 7) is 1.58. The van der Waals surface area contributed by atoms with Gasteiger partial charge in [0, 0.05) is 43.9 Å². The van der Waals surface area contributed by atoms with Crippen LogP contribution in [0.5, 0.6) is 0 Å². The number of amides is 2. The van der Waals surface area contributed by atoms with E-state index in [0.717, 1.165) is 23.4 Å². The van der Waals surface area contributed by atoms with Gasteiger partial charge < -0.3 is 15.0 Å². The van der Waals surface area contributed by atoms with Crippen molar-refractivity contribution >= 4 is 28.7 Å². The maximum absolute atomic E-state index is 14.1. The molecule has 1 aliphatic rings. The molecule has 2 aromatic carbocycles. The minimum absolute atomic E-state index is 0.0494. The summed E-state index contributed by atoms with van der Waals surface area (Å²) in [6.07, 6.45) is 0.0392. The van der Waals surface area contributed by atoms with E-state index < -0.39 is 35.7 Å². The van der Waals surface area contributed by atoms with E-state index in [1.54, 1.807) is 6.92 Å². The highest BCUT2D eigenvalue weighted by atomic mass is 32.2. The van der Waals surface area contributed by atoms with Gasteiger partial charge in [0.2, 0.25) is 16.9 Å². The highest BCUT2D eigenvalue weighted by molar-refractivity contribution is 8.13. The first-order valence-electron chi connectivity index (χ1n) is 11.0. The third-order valence-corrected chi connectivity index (χ3v) is 6.90. The van der Waals surface area contributed by atoms with E-state index in [4.69, 9.17) is 4.74 Å². The van der Waals surface area contributed by atoms with E-state index in [0.29, 0.717) is 12.2 Å². The number of thioether (sulfide) groups is 1. The van der Waals surface area contributed by atoms with Gasteiger partial charge in [-0.05, 0) is 25.0 Å². The first kappa shape index (κ1) is 25.8. The Morgan fingerprint density at radius 1 is 1.18 bits per heavy atom. The number of hydrogen-bond acceptors (Lipinski definition) is 5. The van der Waals surface area contributed by atoms with Crippen molar-refractivity contribution in [2.45, 2.75) is 56.7 Å². The van der Waals surface area contributed by atoms with Crippen LogP contribution in [0.2, 0.25) is 0 Å². The molecule has 0 saturated carbocycles. The second-order valence-corrected chi connectivity index (χ2v) is 9.19. The maximum atomic E-state index is 14.1. The lowest BCUT2D eigenvalue weighted by Gasteiger charge is -2.27. The molecule has 3 rings (SSSR count). The van der Waals surface area contributed by atoms with Gasteiger partial charge >= 0.3 is 0 Å². The van der Waals surface area contributed by atoms with Crippen LogP contribution < -0.4 is 5.32 Å². The molecule has 0 aromatic heterocycles. The normalized spacial score (nSPS) is 17.5. The van der Waals surface area contributed by atoms with Crippen molar-refractivity contribution in [3.8, 4) is 0 Å². The molecule has 1 N–H and O–H groups in total. The van der Waals surface area contributed by atoms with Crippen molar-refractivity contribution in [1.82, 2.24) is 10.2 Å². The standard InChI is InChI=1S/C25H28F2N2O4S/c1-16(33-2)24(25(32)34-15-17-7-4-3-5-8-17)28-21(30)13-19-11-12-22(31)29(19)14-18-9-6-10-20(26)23(18)27/h3-10,16,19,24H,11-15H2,1-2H3,(H,28,30)/t16-,19+,24+/m1/s1. The second-order valence-electron chi connectivity index (χ2n) is 8.21. The molecule has 1 heterocycles. The quantitative estimate of drug-likeness (QED) is 0.548. The molecule has 0 unspecified atom stereocenters. The summed E-state index contributed by atoms with van der Waals surface area (Å²) in [5, 5.41) is 2.52. The largest absolute Gasteiger partial charge is 0.379 e. The summed E-state index contributed by atoms with van der Waals surface area (Å²) >= 11 is 1.10. The Morgan fingerprint density at radius 2 is 1.91 bits per heavy atom. The van der Waals surface area contributed by atoms with Gasteiger partial charge in [-0.2, -0.15) is 0 Å². The van der Waals surface area contributed by atoms with Gasteiger partial charge in [0.25, 0.3) is 0 Å². The Morgan fingerprint density at radius 3 is 2.62 bits per heavy atom. The topological polar surface area (TPSA) is 75.7 Å². The molecule has 0 bridgehead atoms.